The highest BCUT2D eigenvalue weighted by molar-refractivity contribution is 9.10. The Bertz CT molecular complexity index is 751. The summed E-state index contributed by atoms with van der Waals surface area (Å²) in [7, 11) is 0. The number of benzene rings is 2. The fourth-order valence-corrected chi connectivity index (χ4v) is 2.60. The van der Waals surface area contributed by atoms with Crippen LogP contribution in [0, 0.1) is 0 Å². The number of halogens is 1. The highest BCUT2D eigenvalue weighted by Gasteiger charge is 2.10. The fraction of sp³-hybridized carbons (Fsp3) is 0.211. The first-order valence-electron chi connectivity index (χ1n) is 8.09. The predicted octanol–water partition coefficient (Wildman–Crippen LogP) is 3.83. The predicted molar refractivity (Wildman–Crippen MR) is 109 cm³/mol. The number of amides is 1. The van der Waals surface area contributed by atoms with E-state index in [0.29, 0.717) is 13.0 Å². The molecule has 0 unspecified atom stereocenters. The molecule has 0 aliphatic rings. The topological polar surface area (TPSA) is 67.4 Å². The van der Waals surface area contributed by atoms with E-state index in [1.165, 1.54) is 0 Å². The number of esters is 1. The lowest BCUT2D eigenvalue weighted by Gasteiger charge is -2.09. The van der Waals surface area contributed by atoms with Crippen LogP contribution in [0.25, 0.3) is 0 Å². The summed E-state index contributed by atoms with van der Waals surface area (Å²) in [5.41, 5.74) is 1.86. The van der Waals surface area contributed by atoms with Gasteiger partial charge < -0.3 is 15.4 Å². The van der Waals surface area contributed by atoms with Gasteiger partial charge in [-0.15, -0.1) is 0 Å². The summed E-state index contributed by atoms with van der Waals surface area (Å²) in [6.45, 7) is 0.300. The Morgan fingerprint density at radius 3 is 2.38 bits per heavy atom. The van der Waals surface area contributed by atoms with Gasteiger partial charge in [-0.25, -0.2) is 0 Å². The normalized spacial score (nSPS) is 10.0. The van der Waals surface area contributed by atoms with Crippen LogP contribution in [0.5, 0.6) is 0 Å². The van der Waals surface area contributed by atoms with Crippen LogP contribution in [0.15, 0.2) is 59.1 Å². The van der Waals surface area contributed by atoms with Gasteiger partial charge in [-0.05, 0) is 42.0 Å². The first-order valence-corrected chi connectivity index (χ1v) is 9.29. The molecule has 0 heterocycles. The lowest BCUT2D eigenvalue weighted by molar-refractivity contribution is -0.144. The Hall–Kier alpha value is -2.25. The second-order valence-electron chi connectivity index (χ2n) is 5.47. The number of hydrogen-bond acceptors (Lipinski definition) is 4. The van der Waals surface area contributed by atoms with E-state index in [1.807, 2.05) is 54.6 Å². The quantitative estimate of drug-likeness (QED) is 0.511. The summed E-state index contributed by atoms with van der Waals surface area (Å²) >= 11 is 8.42. The summed E-state index contributed by atoms with van der Waals surface area (Å²) in [6, 6.07) is 17.1. The van der Waals surface area contributed by atoms with Gasteiger partial charge in [-0.3, -0.25) is 9.59 Å². The van der Waals surface area contributed by atoms with Gasteiger partial charge in [0.1, 0.15) is 0 Å². The van der Waals surface area contributed by atoms with Crippen LogP contribution >= 0.6 is 28.1 Å². The standard InChI is InChI=1S/C19H19BrN2O3S/c20-15-6-8-16(9-7-15)21-19(26)22-17(23)10-11-18(24)25-13-12-14-4-2-1-3-5-14/h1-9H,10-13H2,(H2,21,22,23,26). The molecule has 2 aromatic carbocycles. The molecule has 0 saturated carbocycles. The van der Waals surface area contributed by atoms with Crippen molar-refractivity contribution in [3.63, 3.8) is 0 Å². The highest BCUT2D eigenvalue weighted by atomic mass is 79.9. The number of carbonyl (C=O) groups excluding carboxylic acids is 2. The van der Waals surface area contributed by atoms with Crippen LogP contribution in [-0.2, 0) is 20.7 Å². The van der Waals surface area contributed by atoms with Crippen molar-refractivity contribution in [3.8, 4) is 0 Å². The van der Waals surface area contributed by atoms with Crippen molar-refractivity contribution in [1.29, 1.82) is 0 Å². The van der Waals surface area contributed by atoms with Gasteiger partial charge in [0.15, 0.2) is 5.11 Å². The first kappa shape index (κ1) is 20.1. The van der Waals surface area contributed by atoms with Crippen LogP contribution in [0.4, 0.5) is 5.69 Å². The van der Waals surface area contributed by atoms with E-state index < -0.39 is 5.97 Å². The maximum atomic E-state index is 11.8. The minimum atomic E-state index is -0.400. The molecule has 136 valence electrons. The van der Waals surface area contributed by atoms with Crippen molar-refractivity contribution >= 4 is 50.8 Å². The molecule has 0 radical (unpaired) electrons. The number of hydrogen-bond donors (Lipinski definition) is 2. The number of rotatable bonds is 7. The minimum Gasteiger partial charge on any atom is -0.465 e. The van der Waals surface area contributed by atoms with E-state index in [-0.39, 0.29) is 23.9 Å². The van der Waals surface area contributed by atoms with Gasteiger partial charge in [0.05, 0.1) is 13.0 Å². The van der Waals surface area contributed by atoms with Crippen molar-refractivity contribution in [3.05, 3.63) is 64.6 Å². The Labute approximate surface area is 166 Å². The molecule has 1 amide bonds. The Kier molecular flexibility index (Phi) is 8.24. The molecule has 2 rings (SSSR count). The van der Waals surface area contributed by atoms with Gasteiger partial charge in [0.25, 0.3) is 0 Å². The number of carbonyl (C=O) groups is 2. The van der Waals surface area contributed by atoms with Crippen molar-refractivity contribution in [2.24, 2.45) is 0 Å². The van der Waals surface area contributed by atoms with E-state index in [0.717, 1.165) is 15.7 Å². The summed E-state index contributed by atoms with van der Waals surface area (Å²) in [5.74, 6) is -0.734. The molecule has 0 aliphatic carbocycles. The van der Waals surface area contributed by atoms with Gasteiger partial charge >= 0.3 is 5.97 Å². The zero-order valence-electron chi connectivity index (χ0n) is 14.0. The van der Waals surface area contributed by atoms with Crippen LogP contribution < -0.4 is 10.6 Å². The summed E-state index contributed by atoms with van der Waals surface area (Å²) in [4.78, 5) is 23.5. The minimum absolute atomic E-state index is 0.0154. The lowest BCUT2D eigenvalue weighted by atomic mass is 10.2. The first-order chi connectivity index (χ1) is 12.5. The highest BCUT2D eigenvalue weighted by Crippen LogP contribution is 2.13. The largest absolute Gasteiger partial charge is 0.465 e. The van der Waals surface area contributed by atoms with Crippen LogP contribution in [0.2, 0.25) is 0 Å². The Morgan fingerprint density at radius 1 is 1.00 bits per heavy atom. The molecule has 0 aromatic heterocycles. The number of thiocarbonyl (C=S) groups is 1. The number of ether oxygens (including phenoxy) is 1. The third kappa shape index (κ3) is 7.76. The maximum absolute atomic E-state index is 11.8. The zero-order valence-corrected chi connectivity index (χ0v) is 16.4. The molecule has 0 fully saturated rings. The molecule has 26 heavy (non-hydrogen) atoms. The molecule has 2 N–H and O–H groups in total. The van der Waals surface area contributed by atoms with Crippen molar-refractivity contribution in [2.75, 3.05) is 11.9 Å². The molecule has 5 nitrogen and oxygen atoms in total. The smallest absolute Gasteiger partial charge is 0.306 e. The van der Waals surface area contributed by atoms with E-state index >= 15 is 0 Å². The van der Waals surface area contributed by atoms with Gasteiger partial charge in [-0.1, -0.05) is 46.3 Å². The van der Waals surface area contributed by atoms with E-state index in [1.54, 1.807) is 0 Å². The molecule has 0 saturated heterocycles. The fourth-order valence-electron chi connectivity index (χ4n) is 2.10. The molecule has 2 aromatic rings. The molecule has 7 heteroatoms. The van der Waals surface area contributed by atoms with Gasteiger partial charge in [0.2, 0.25) is 5.91 Å². The van der Waals surface area contributed by atoms with Crippen LogP contribution in [0.3, 0.4) is 0 Å². The van der Waals surface area contributed by atoms with E-state index in [4.69, 9.17) is 17.0 Å². The third-order valence-corrected chi connectivity index (χ3v) is 4.14. The van der Waals surface area contributed by atoms with Crippen LogP contribution in [0.1, 0.15) is 18.4 Å². The van der Waals surface area contributed by atoms with Crippen molar-refractivity contribution in [2.45, 2.75) is 19.3 Å². The second-order valence-corrected chi connectivity index (χ2v) is 6.79. The number of nitrogens with one attached hydrogen (secondary N) is 2. The van der Waals surface area contributed by atoms with Crippen molar-refractivity contribution < 1.29 is 14.3 Å². The second kappa shape index (κ2) is 10.7. The number of anilines is 1. The molecule has 0 bridgehead atoms. The molecule has 0 spiro atoms. The molecule has 0 aliphatic heterocycles. The summed E-state index contributed by atoms with van der Waals surface area (Å²) in [5, 5.41) is 5.63. The van der Waals surface area contributed by atoms with Crippen LogP contribution in [-0.4, -0.2) is 23.6 Å². The summed E-state index contributed by atoms with van der Waals surface area (Å²) in [6.07, 6.45) is 0.688. The SMILES string of the molecule is O=C(CCC(=O)OCCc1ccccc1)NC(=S)Nc1ccc(Br)cc1. The molecular formula is C19H19BrN2O3S. The maximum Gasteiger partial charge on any atom is 0.306 e. The van der Waals surface area contributed by atoms with E-state index in [9.17, 15) is 9.59 Å². The average Bonchev–Trinajstić information content (AvgIpc) is 2.63. The third-order valence-electron chi connectivity index (χ3n) is 3.41. The molecule has 0 atom stereocenters. The van der Waals surface area contributed by atoms with Gasteiger partial charge in [0, 0.05) is 23.0 Å². The molecular weight excluding hydrogens is 416 g/mol. The monoisotopic (exact) mass is 434 g/mol. The summed E-state index contributed by atoms with van der Waals surface area (Å²) < 4.78 is 6.08. The van der Waals surface area contributed by atoms with Gasteiger partial charge in [-0.2, -0.15) is 0 Å². The zero-order chi connectivity index (χ0) is 18.8. The van der Waals surface area contributed by atoms with E-state index in [2.05, 4.69) is 26.6 Å². The Balaban J connectivity index is 1.62. The Morgan fingerprint density at radius 2 is 1.69 bits per heavy atom. The van der Waals surface area contributed by atoms with Crippen molar-refractivity contribution in [1.82, 2.24) is 5.32 Å². The average molecular weight is 435 g/mol. The lowest BCUT2D eigenvalue weighted by Crippen LogP contribution is -2.34.